The van der Waals surface area contributed by atoms with E-state index in [9.17, 15) is 9.59 Å². The van der Waals surface area contributed by atoms with Crippen molar-refractivity contribution >= 4 is 11.8 Å². The van der Waals surface area contributed by atoms with E-state index in [0.29, 0.717) is 13.2 Å². The zero-order chi connectivity index (χ0) is 11.8. The highest BCUT2D eigenvalue weighted by atomic mass is 16.5. The van der Waals surface area contributed by atoms with Crippen LogP contribution in [-0.2, 0) is 14.3 Å². The maximum absolute atomic E-state index is 11.7. The second-order valence-corrected chi connectivity index (χ2v) is 5.32. The largest absolute Gasteiger partial charge is 0.377 e. The van der Waals surface area contributed by atoms with Gasteiger partial charge < -0.3 is 15.4 Å². The molecule has 3 fully saturated rings. The molecule has 5 heteroatoms. The summed E-state index contributed by atoms with van der Waals surface area (Å²) in [7, 11) is 0. The number of hydrogen-bond acceptors (Lipinski definition) is 3. The summed E-state index contributed by atoms with van der Waals surface area (Å²) in [4.78, 5) is 23.3. The van der Waals surface area contributed by atoms with Gasteiger partial charge in [0.2, 0.25) is 11.8 Å². The predicted molar refractivity (Wildman–Crippen MR) is 60.1 cm³/mol. The van der Waals surface area contributed by atoms with Crippen LogP contribution in [0.2, 0.25) is 0 Å². The van der Waals surface area contributed by atoms with Gasteiger partial charge in [0.25, 0.3) is 0 Å². The molecule has 5 nitrogen and oxygen atoms in total. The molecule has 0 aromatic rings. The molecule has 2 saturated carbocycles. The van der Waals surface area contributed by atoms with Crippen LogP contribution in [0, 0.1) is 11.8 Å². The van der Waals surface area contributed by atoms with Gasteiger partial charge in [0.05, 0.1) is 25.3 Å². The average Bonchev–Trinajstić information content (AvgIpc) is 3.18. The molecule has 2 aliphatic carbocycles. The van der Waals surface area contributed by atoms with Crippen molar-refractivity contribution in [3.63, 3.8) is 0 Å². The van der Waals surface area contributed by atoms with Gasteiger partial charge in [-0.15, -0.1) is 0 Å². The fourth-order valence-electron chi connectivity index (χ4n) is 2.13. The highest BCUT2D eigenvalue weighted by Crippen LogP contribution is 2.30. The molecule has 3 aliphatic rings. The first-order valence-corrected chi connectivity index (χ1v) is 6.42. The Hall–Kier alpha value is -1.10. The minimum atomic E-state index is -0.0502. The Morgan fingerprint density at radius 3 is 1.59 bits per heavy atom. The first-order chi connectivity index (χ1) is 8.24. The molecule has 0 unspecified atom stereocenters. The van der Waals surface area contributed by atoms with Crippen LogP contribution < -0.4 is 10.6 Å². The molecular formula is C12H18N2O3. The van der Waals surface area contributed by atoms with Crippen LogP contribution in [-0.4, -0.2) is 37.1 Å². The number of carbonyl (C=O) groups is 2. The molecule has 1 aliphatic heterocycles. The maximum atomic E-state index is 11.7. The molecule has 1 saturated heterocycles. The van der Waals surface area contributed by atoms with E-state index in [1.165, 1.54) is 0 Å². The molecule has 2 N–H and O–H groups in total. The number of carbonyl (C=O) groups excluding carboxylic acids is 2. The van der Waals surface area contributed by atoms with Crippen LogP contribution in [0.5, 0.6) is 0 Å². The van der Waals surface area contributed by atoms with E-state index < -0.39 is 0 Å². The van der Waals surface area contributed by atoms with E-state index >= 15 is 0 Å². The molecule has 0 spiro atoms. The lowest BCUT2D eigenvalue weighted by molar-refractivity contribution is -0.125. The van der Waals surface area contributed by atoms with Crippen LogP contribution in [0.15, 0.2) is 0 Å². The second-order valence-electron chi connectivity index (χ2n) is 5.32. The Bertz CT molecular complexity index is 305. The predicted octanol–water partition coefficient (Wildman–Crippen LogP) is -0.194. The third-order valence-corrected chi connectivity index (χ3v) is 3.63. The normalized spacial score (nSPS) is 32.2. The smallest absolute Gasteiger partial charge is 0.223 e. The van der Waals surface area contributed by atoms with Gasteiger partial charge in [-0.2, -0.15) is 0 Å². The summed E-state index contributed by atoms with van der Waals surface area (Å²) in [5.41, 5.74) is 0. The summed E-state index contributed by atoms with van der Waals surface area (Å²) in [6.45, 7) is 1.02. The zero-order valence-electron chi connectivity index (χ0n) is 9.78. The lowest BCUT2D eigenvalue weighted by Crippen LogP contribution is -2.51. The van der Waals surface area contributed by atoms with Crippen LogP contribution in [0.3, 0.4) is 0 Å². The van der Waals surface area contributed by atoms with Crippen LogP contribution in [0.25, 0.3) is 0 Å². The first kappa shape index (κ1) is 11.0. The lowest BCUT2D eigenvalue weighted by atomic mass is 10.1. The third kappa shape index (κ3) is 2.60. The van der Waals surface area contributed by atoms with Gasteiger partial charge in [0, 0.05) is 11.8 Å². The minimum Gasteiger partial charge on any atom is -0.377 e. The molecule has 3 rings (SSSR count). The minimum absolute atomic E-state index is 0.0502. The number of amides is 2. The van der Waals surface area contributed by atoms with E-state index in [1.54, 1.807) is 0 Å². The summed E-state index contributed by atoms with van der Waals surface area (Å²) in [6.07, 6.45) is 3.99. The molecule has 0 aromatic heterocycles. The second kappa shape index (κ2) is 4.29. The van der Waals surface area contributed by atoms with Gasteiger partial charge in [0.1, 0.15) is 0 Å². The summed E-state index contributed by atoms with van der Waals surface area (Å²) in [5, 5.41) is 5.95. The van der Waals surface area contributed by atoms with E-state index in [2.05, 4.69) is 10.6 Å². The van der Waals surface area contributed by atoms with Crippen molar-refractivity contribution in [2.45, 2.75) is 37.8 Å². The van der Waals surface area contributed by atoms with Gasteiger partial charge in [-0.05, 0) is 25.7 Å². The maximum Gasteiger partial charge on any atom is 0.223 e. The number of rotatable bonds is 4. The van der Waals surface area contributed by atoms with Crippen molar-refractivity contribution in [3.8, 4) is 0 Å². The Morgan fingerprint density at radius 1 is 0.824 bits per heavy atom. The fourth-order valence-corrected chi connectivity index (χ4v) is 2.13. The van der Waals surface area contributed by atoms with Crippen LogP contribution >= 0.6 is 0 Å². The molecule has 0 aromatic carbocycles. The summed E-state index contributed by atoms with van der Waals surface area (Å²) in [5.74, 6) is 0.642. The molecule has 94 valence electrons. The monoisotopic (exact) mass is 238 g/mol. The average molecular weight is 238 g/mol. The van der Waals surface area contributed by atoms with Crippen molar-refractivity contribution in [1.29, 1.82) is 0 Å². The molecule has 2 amide bonds. The quantitative estimate of drug-likeness (QED) is 0.713. The molecule has 0 bridgehead atoms. The van der Waals surface area contributed by atoms with Gasteiger partial charge in [0.15, 0.2) is 0 Å². The first-order valence-electron chi connectivity index (χ1n) is 6.42. The van der Waals surface area contributed by atoms with Crippen LogP contribution in [0.1, 0.15) is 25.7 Å². The topological polar surface area (TPSA) is 67.4 Å². The summed E-state index contributed by atoms with van der Waals surface area (Å²) < 4.78 is 5.34. The molecule has 17 heavy (non-hydrogen) atoms. The van der Waals surface area contributed by atoms with E-state index in [1.807, 2.05) is 0 Å². The molecule has 2 atom stereocenters. The fraction of sp³-hybridized carbons (Fsp3) is 0.833. The van der Waals surface area contributed by atoms with Crippen molar-refractivity contribution in [1.82, 2.24) is 10.6 Å². The SMILES string of the molecule is O=C(N[C@H]1COC[C@H]1NC(=O)C1CC1)C1CC1. The zero-order valence-corrected chi connectivity index (χ0v) is 9.78. The number of ether oxygens (including phenoxy) is 1. The van der Waals surface area contributed by atoms with Crippen molar-refractivity contribution in [2.24, 2.45) is 11.8 Å². The van der Waals surface area contributed by atoms with Gasteiger partial charge in [-0.25, -0.2) is 0 Å². The van der Waals surface area contributed by atoms with Gasteiger partial charge in [-0.1, -0.05) is 0 Å². The highest BCUT2D eigenvalue weighted by Gasteiger charge is 2.38. The van der Waals surface area contributed by atoms with E-state index in [-0.39, 0.29) is 35.7 Å². The Morgan fingerprint density at radius 2 is 1.24 bits per heavy atom. The lowest BCUT2D eigenvalue weighted by Gasteiger charge is -2.20. The van der Waals surface area contributed by atoms with Gasteiger partial charge >= 0.3 is 0 Å². The molecule has 1 heterocycles. The Labute approximate surface area is 100 Å². The number of hydrogen-bond donors (Lipinski definition) is 2. The van der Waals surface area contributed by atoms with Crippen molar-refractivity contribution in [2.75, 3.05) is 13.2 Å². The third-order valence-electron chi connectivity index (χ3n) is 3.63. The van der Waals surface area contributed by atoms with E-state index in [0.717, 1.165) is 25.7 Å². The Kier molecular flexibility index (Phi) is 2.78. The van der Waals surface area contributed by atoms with E-state index in [4.69, 9.17) is 4.74 Å². The van der Waals surface area contributed by atoms with Crippen molar-refractivity contribution < 1.29 is 14.3 Å². The molecule has 0 radical (unpaired) electrons. The Balaban J connectivity index is 1.51. The number of nitrogens with one attached hydrogen (secondary N) is 2. The van der Waals surface area contributed by atoms with Crippen molar-refractivity contribution in [3.05, 3.63) is 0 Å². The summed E-state index contributed by atoms with van der Waals surface area (Å²) >= 11 is 0. The standard InChI is InChI=1S/C12H18N2O3/c15-11(7-1-2-7)13-9-5-17-6-10(9)14-12(16)8-3-4-8/h7-10H,1-6H2,(H,13,15)(H,14,16)/t9-,10+. The van der Waals surface area contributed by atoms with Crippen LogP contribution in [0.4, 0.5) is 0 Å². The highest BCUT2D eigenvalue weighted by molar-refractivity contribution is 5.82. The summed E-state index contributed by atoms with van der Waals surface area (Å²) in [6, 6.07) is -0.100. The molecular weight excluding hydrogens is 220 g/mol. The van der Waals surface area contributed by atoms with Gasteiger partial charge in [-0.3, -0.25) is 9.59 Å².